The molecule has 0 aliphatic heterocycles. The van der Waals surface area contributed by atoms with Crippen LogP contribution in [0.4, 0.5) is 0 Å². The molecule has 0 atom stereocenters. The number of hydrogen-bond acceptors (Lipinski definition) is 3. The summed E-state index contributed by atoms with van der Waals surface area (Å²) in [6.45, 7) is 3.77. The average molecular weight is 206 g/mol. The first-order chi connectivity index (χ1) is 6.97. The molecule has 3 nitrogen and oxygen atoms in total. The van der Waals surface area contributed by atoms with Crippen LogP contribution in [-0.4, -0.2) is 18.0 Å². The predicted molar refractivity (Wildman–Crippen MR) is 56.5 cm³/mol. The minimum atomic E-state index is -0.436. The summed E-state index contributed by atoms with van der Waals surface area (Å²) < 4.78 is 5.19. The number of Topliss-reactive ketones (excluding diaryl/α,β-unsaturated/α-hetero) is 1. The van der Waals surface area contributed by atoms with Crippen LogP contribution in [0.2, 0.25) is 0 Å². The molecular formula is C12H14O3. The largest absolute Gasteiger partial charge is 0.507 e. The number of benzene rings is 1. The normalized spacial score (nSPS) is 17.7. The first-order valence-electron chi connectivity index (χ1n) is 4.91. The molecule has 2 rings (SSSR count). The third-order valence-corrected chi connectivity index (χ3v) is 2.93. The van der Waals surface area contributed by atoms with Crippen molar-refractivity contribution >= 4 is 5.78 Å². The number of fused-ring (bicyclic) bond motifs is 1. The summed E-state index contributed by atoms with van der Waals surface area (Å²) in [5.41, 5.74) is 0.820. The van der Waals surface area contributed by atoms with Crippen molar-refractivity contribution in [1.82, 2.24) is 0 Å². The number of carbonyl (C=O) groups is 1. The summed E-state index contributed by atoms with van der Waals surface area (Å²) >= 11 is 0. The van der Waals surface area contributed by atoms with Gasteiger partial charge in [-0.2, -0.15) is 0 Å². The highest BCUT2D eigenvalue weighted by atomic mass is 16.5. The SMILES string of the molecule is COc1ccc(O)c2c1CC(C)(C)C2=O. The minimum absolute atomic E-state index is 0.00565. The van der Waals surface area contributed by atoms with Gasteiger partial charge in [-0.1, -0.05) is 13.8 Å². The maximum atomic E-state index is 12.0. The number of phenolic OH excluding ortho intramolecular Hbond substituents is 1. The maximum Gasteiger partial charge on any atom is 0.172 e. The lowest BCUT2D eigenvalue weighted by Crippen LogP contribution is -2.18. The number of hydrogen-bond donors (Lipinski definition) is 1. The zero-order chi connectivity index (χ0) is 11.2. The molecule has 0 saturated carbocycles. The predicted octanol–water partition coefficient (Wildman–Crippen LogP) is 2.17. The highest BCUT2D eigenvalue weighted by Gasteiger charge is 2.41. The molecule has 1 aromatic rings. The van der Waals surface area contributed by atoms with Gasteiger partial charge in [0.05, 0.1) is 12.7 Å². The number of carbonyl (C=O) groups excluding carboxylic acids is 1. The Morgan fingerprint density at radius 2 is 2.07 bits per heavy atom. The van der Waals surface area contributed by atoms with E-state index < -0.39 is 5.41 Å². The van der Waals surface area contributed by atoms with Gasteiger partial charge < -0.3 is 9.84 Å². The summed E-state index contributed by atoms with van der Waals surface area (Å²) in [5.74, 6) is 0.733. The van der Waals surface area contributed by atoms with Crippen molar-refractivity contribution in [2.75, 3.05) is 7.11 Å². The van der Waals surface area contributed by atoms with Gasteiger partial charge in [0.15, 0.2) is 5.78 Å². The van der Waals surface area contributed by atoms with Crippen LogP contribution in [0.3, 0.4) is 0 Å². The molecule has 0 radical (unpaired) electrons. The quantitative estimate of drug-likeness (QED) is 0.766. The number of phenols is 1. The zero-order valence-corrected chi connectivity index (χ0v) is 9.13. The molecule has 15 heavy (non-hydrogen) atoms. The summed E-state index contributed by atoms with van der Waals surface area (Å²) in [7, 11) is 1.57. The molecule has 0 aromatic heterocycles. The van der Waals surface area contributed by atoms with Crippen molar-refractivity contribution in [3.63, 3.8) is 0 Å². The highest BCUT2D eigenvalue weighted by Crippen LogP contribution is 2.44. The van der Waals surface area contributed by atoms with E-state index in [0.717, 1.165) is 5.56 Å². The lowest BCUT2D eigenvalue weighted by molar-refractivity contribution is 0.0861. The summed E-state index contributed by atoms with van der Waals surface area (Å²) in [5, 5.41) is 9.68. The van der Waals surface area contributed by atoms with Crippen LogP contribution >= 0.6 is 0 Å². The Kier molecular flexibility index (Phi) is 2.00. The second kappa shape index (κ2) is 2.99. The van der Waals surface area contributed by atoms with Crippen LogP contribution in [0.5, 0.6) is 11.5 Å². The monoisotopic (exact) mass is 206 g/mol. The Morgan fingerprint density at radius 1 is 1.40 bits per heavy atom. The molecule has 3 heteroatoms. The van der Waals surface area contributed by atoms with Crippen LogP contribution in [-0.2, 0) is 6.42 Å². The second-order valence-corrected chi connectivity index (χ2v) is 4.53. The van der Waals surface area contributed by atoms with E-state index in [2.05, 4.69) is 0 Å². The molecule has 1 N–H and O–H groups in total. The van der Waals surface area contributed by atoms with Gasteiger partial charge in [0, 0.05) is 11.0 Å². The van der Waals surface area contributed by atoms with Crippen molar-refractivity contribution in [3.8, 4) is 11.5 Å². The smallest absolute Gasteiger partial charge is 0.172 e. The number of ketones is 1. The molecule has 0 saturated heterocycles. The summed E-state index contributed by atoms with van der Waals surface area (Å²) in [4.78, 5) is 12.0. The van der Waals surface area contributed by atoms with E-state index in [4.69, 9.17) is 4.74 Å². The fourth-order valence-electron chi connectivity index (χ4n) is 2.10. The van der Waals surface area contributed by atoms with Gasteiger partial charge in [-0.25, -0.2) is 0 Å². The fourth-order valence-corrected chi connectivity index (χ4v) is 2.10. The van der Waals surface area contributed by atoms with Gasteiger partial charge >= 0.3 is 0 Å². The van der Waals surface area contributed by atoms with Gasteiger partial charge in [-0.15, -0.1) is 0 Å². The van der Waals surface area contributed by atoms with Crippen molar-refractivity contribution in [2.45, 2.75) is 20.3 Å². The van der Waals surface area contributed by atoms with Crippen LogP contribution in [0.15, 0.2) is 12.1 Å². The molecule has 0 amide bonds. The number of rotatable bonds is 1. The summed E-state index contributed by atoms with van der Waals surface area (Å²) in [6, 6.07) is 3.21. The fraction of sp³-hybridized carbons (Fsp3) is 0.417. The molecular weight excluding hydrogens is 192 g/mol. The van der Waals surface area contributed by atoms with E-state index in [1.165, 1.54) is 6.07 Å². The van der Waals surface area contributed by atoms with Crippen LogP contribution in [0.25, 0.3) is 0 Å². The third kappa shape index (κ3) is 1.30. The van der Waals surface area contributed by atoms with E-state index >= 15 is 0 Å². The third-order valence-electron chi connectivity index (χ3n) is 2.93. The van der Waals surface area contributed by atoms with Gasteiger partial charge in [0.1, 0.15) is 11.5 Å². The molecule has 0 spiro atoms. The Hall–Kier alpha value is -1.51. The van der Waals surface area contributed by atoms with Crippen molar-refractivity contribution < 1.29 is 14.6 Å². The minimum Gasteiger partial charge on any atom is -0.507 e. The van der Waals surface area contributed by atoms with Crippen molar-refractivity contribution in [1.29, 1.82) is 0 Å². The molecule has 1 aromatic carbocycles. The van der Waals surface area contributed by atoms with Gasteiger partial charge in [-0.3, -0.25) is 4.79 Å². The molecule has 1 aliphatic carbocycles. The molecule has 0 unspecified atom stereocenters. The first kappa shape index (κ1) is 10.0. The highest BCUT2D eigenvalue weighted by molar-refractivity contribution is 6.07. The Labute approximate surface area is 88.7 Å². The van der Waals surface area contributed by atoms with Crippen molar-refractivity contribution in [3.05, 3.63) is 23.3 Å². The lowest BCUT2D eigenvalue weighted by Gasteiger charge is -2.13. The van der Waals surface area contributed by atoms with Crippen LogP contribution in [0, 0.1) is 5.41 Å². The van der Waals surface area contributed by atoms with Crippen molar-refractivity contribution in [2.24, 2.45) is 5.41 Å². The van der Waals surface area contributed by atoms with E-state index in [1.54, 1.807) is 13.2 Å². The van der Waals surface area contributed by atoms with Gasteiger partial charge in [0.25, 0.3) is 0 Å². The Bertz CT molecular complexity index is 433. The maximum absolute atomic E-state index is 12.0. The molecule has 80 valence electrons. The topological polar surface area (TPSA) is 46.5 Å². The number of ether oxygens (including phenoxy) is 1. The van der Waals surface area contributed by atoms with Gasteiger partial charge in [-0.05, 0) is 18.6 Å². The van der Waals surface area contributed by atoms with Crippen LogP contribution in [0.1, 0.15) is 29.8 Å². The number of aromatic hydroxyl groups is 1. The van der Waals surface area contributed by atoms with Crippen LogP contribution < -0.4 is 4.74 Å². The summed E-state index contributed by atoms with van der Waals surface area (Å²) in [6.07, 6.45) is 0.624. The Morgan fingerprint density at radius 3 is 2.67 bits per heavy atom. The lowest BCUT2D eigenvalue weighted by atomic mass is 9.89. The molecule has 1 aliphatic rings. The second-order valence-electron chi connectivity index (χ2n) is 4.53. The van der Waals surface area contributed by atoms with E-state index in [9.17, 15) is 9.90 Å². The van der Waals surface area contributed by atoms with E-state index in [1.807, 2.05) is 13.8 Å². The Balaban J connectivity index is 2.67. The molecule has 0 bridgehead atoms. The molecule has 0 heterocycles. The van der Waals surface area contributed by atoms with E-state index in [-0.39, 0.29) is 11.5 Å². The number of methoxy groups -OCH3 is 1. The first-order valence-corrected chi connectivity index (χ1v) is 4.91. The molecule has 0 fully saturated rings. The zero-order valence-electron chi connectivity index (χ0n) is 9.13. The van der Waals surface area contributed by atoms with E-state index in [0.29, 0.717) is 17.7 Å². The average Bonchev–Trinajstić information content (AvgIpc) is 2.40. The van der Waals surface area contributed by atoms with Gasteiger partial charge in [0.2, 0.25) is 0 Å². The standard InChI is InChI=1S/C12H14O3/c1-12(2)6-7-9(15-3)5-4-8(13)10(7)11(12)14/h4-5,13H,6H2,1-3H3.